The number of nitrogens with one attached hydrogen (secondary N) is 2. The molecule has 1 fully saturated rings. The zero-order chi connectivity index (χ0) is 21.5. The second-order valence-corrected chi connectivity index (χ2v) is 8.50. The van der Waals surface area contributed by atoms with Gasteiger partial charge in [0.2, 0.25) is 5.95 Å². The molecule has 4 rings (SSSR count). The largest absolute Gasteiger partial charge is 0.508 e. The fraction of sp³-hybridized carbons (Fsp3) is 0.385. The van der Waals surface area contributed by atoms with Crippen molar-refractivity contribution >= 4 is 5.95 Å². The maximum absolute atomic E-state index is 9.67. The lowest BCUT2D eigenvalue weighted by atomic mass is 9.91. The van der Waals surface area contributed by atoms with E-state index in [-0.39, 0.29) is 0 Å². The van der Waals surface area contributed by atoms with Gasteiger partial charge < -0.3 is 15.7 Å². The van der Waals surface area contributed by atoms with E-state index in [1.165, 1.54) is 30.4 Å². The predicted molar refractivity (Wildman–Crippen MR) is 126 cm³/mol. The first kappa shape index (κ1) is 21.3. The van der Waals surface area contributed by atoms with E-state index in [0.717, 1.165) is 55.2 Å². The highest BCUT2D eigenvalue weighted by Gasteiger charge is 2.13. The van der Waals surface area contributed by atoms with Crippen molar-refractivity contribution in [3.63, 3.8) is 0 Å². The van der Waals surface area contributed by atoms with Crippen molar-refractivity contribution in [1.82, 2.24) is 15.3 Å². The van der Waals surface area contributed by atoms with Crippen LogP contribution in [-0.4, -0.2) is 34.7 Å². The normalized spacial score (nSPS) is 14.5. The second kappa shape index (κ2) is 10.4. The van der Waals surface area contributed by atoms with Gasteiger partial charge in [0.05, 0.1) is 5.69 Å². The van der Waals surface area contributed by atoms with Crippen LogP contribution in [0.1, 0.15) is 36.0 Å². The molecule has 5 nitrogen and oxygen atoms in total. The topological polar surface area (TPSA) is 70.1 Å². The Bertz CT molecular complexity index is 998. The van der Waals surface area contributed by atoms with Gasteiger partial charge in [-0.2, -0.15) is 0 Å². The van der Waals surface area contributed by atoms with Gasteiger partial charge in [-0.25, -0.2) is 9.97 Å². The molecule has 0 radical (unpaired) electrons. The molecule has 0 aliphatic carbocycles. The summed E-state index contributed by atoms with van der Waals surface area (Å²) in [6.07, 6.45) is 7.64. The molecular weight excluding hydrogens is 384 g/mol. The Hall–Kier alpha value is -2.92. The summed E-state index contributed by atoms with van der Waals surface area (Å²) in [7, 11) is 0. The summed E-state index contributed by atoms with van der Waals surface area (Å²) in [5.74, 6) is 1.83. The van der Waals surface area contributed by atoms with Gasteiger partial charge in [0, 0.05) is 18.3 Å². The van der Waals surface area contributed by atoms with Crippen LogP contribution in [0.3, 0.4) is 0 Å². The maximum Gasteiger partial charge on any atom is 0.223 e. The first-order chi connectivity index (χ1) is 15.2. The van der Waals surface area contributed by atoms with Crippen LogP contribution in [0, 0.1) is 12.8 Å². The summed E-state index contributed by atoms with van der Waals surface area (Å²) in [4.78, 5) is 9.11. The molecule has 0 unspecified atom stereocenters. The lowest BCUT2D eigenvalue weighted by molar-refractivity contribution is 0.354. The maximum atomic E-state index is 9.67. The summed E-state index contributed by atoms with van der Waals surface area (Å²) in [5, 5.41) is 16.4. The van der Waals surface area contributed by atoms with Crippen LogP contribution < -0.4 is 10.6 Å². The van der Waals surface area contributed by atoms with E-state index in [1.54, 1.807) is 6.07 Å². The van der Waals surface area contributed by atoms with Crippen molar-refractivity contribution in [3.05, 3.63) is 71.4 Å². The Labute approximate surface area is 185 Å². The predicted octanol–water partition coefficient (Wildman–Crippen LogP) is 4.74. The molecule has 3 aromatic rings. The molecular formula is C26H32N4O. The van der Waals surface area contributed by atoms with Crippen molar-refractivity contribution in [1.29, 1.82) is 0 Å². The molecule has 1 aliphatic heterocycles. The van der Waals surface area contributed by atoms with Crippen LogP contribution in [0.4, 0.5) is 5.95 Å². The zero-order valence-corrected chi connectivity index (χ0v) is 18.3. The highest BCUT2D eigenvalue weighted by molar-refractivity contribution is 5.61. The van der Waals surface area contributed by atoms with Crippen LogP contribution in [0.15, 0.2) is 54.7 Å². The molecule has 1 aromatic heterocycles. The monoisotopic (exact) mass is 416 g/mol. The molecule has 2 aromatic carbocycles. The van der Waals surface area contributed by atoms with Crippen molar-refractivity contribution in [3.8, 4) is 17.0 Å². The molecule has 0 atom stereocenters. The lowest BCUT2D eigenvalue weighted by Crippen LogP contribution is -2.27. The number of anilines is 1. The number of hydrogen-bond donors (Lipinski definition) is 3. The summed E-state index contributed by atoms with van der Waals surface area (Å²) in [6, 6.07) is 16.5. The molecule has 3 N–H and O–H groups in total. The van der Waals surface area contributed by atoms with E-state index in [1.807, 2.05) is 31.3 Å². The Morgan fingerprint density at radius 2 is 1.87 bits per heavy atom. The number of aryl methyl sites for hydroxylation is 2. The smallest absolute Gasteiger partial charge is 0.223 e. The Morgan fingerprint density at radius 3 is 2.71 bits per heavy atom. The Morgan fingerprint density at radius 1 is 1.03 bits per heavy atom. The molecule has 2 heterocycles. The van der Waals surface area contributed by atoms with Crippen molar-refractivity contribution < 1.29 is 5.11 Å². The third kappa shape index (κ3) is 6.05. The SMILES string of the molecule is Cc1cc(CCNc2nccc(-c3cccc(CCC4CCNCC4)c3)n2)ccc1O. The summed E-state index contributed by atoms with van der Waals surface area (Å²) in [5.41, 5.74) is 5.55. The minimum atomic E-state index is 0.339. The third-order valence-electron chi connectivity index (χ3n) is 6.14. The molecule has 1 saturated heterocycles. The van der Waals surface area contributed by atoms with Gasteiger partial charge in [-0.1, -0.05) is 30.3 Å². The summed E-state index contributed by atoms with van der Waals surface area (Å²) < 4.78 is 0. The number of aromatic hydroxyl groups is 1. The van der Waals surface area contributed by atoms with Gasteiger partial charge in [-0.3, -0.25) is 0 Å². The van der Waals surface area contributed by atoms with Gasteiger partial charge in [-0.05, 0) is 92.9 Å². The fourth-order valence-corrected chi connectivity index (χ4v) is 4.22. The minimum Gasteiger partial charge on any atom is -0.508 e. The van der Waals surface area contributed by atoms with E-state index < -0.39 is 0 Å². The van der Waals surface area contributed by atoms with E-state index in [0.29, 0.717) is 11.7 Å². The number of hydrogen-bond acceptors (Lipinski definition) is 5. The standard InChI is InChI=1S/C26H32N4O/c1-19-17-22(7-8-25(19)31)11-15-28-26-29-16-12-24(30-26)23-4-2-3-21(18-23)6-5-20-9-13-27-14-10-20/h2-4,7-8,12,16-18,20,27,31H,5-6,9-11,13-15H2,1H3,(H,28,29,30). The van der Waals surface area contributed by atoms with Crippen LogP contribution in [0.5, 0.6) is 5.75 Å². The van der Waals surface area contributed by atoms with Crippen molar-refractivity contribution in [2.75, 3.05) is 25.0 Å². The van der Waals surface area contributed by atoms with Gasteiger partial charge in [-0.15, -0.1) is 0 Å². The number of benzene rings is 2. The molecule has 162 valence electrons. The van der Waals surface area contributed by atoms with Gasteiger partial charge in [0.25, 0.3) is 0 Å². The second-order valence-electron chi connectivity index (χ2n) is 8.50. The average Bonchev–Trinajstić information content (AvgIpc) is 2.81. The molecule has 1 aliphatic rings. The minimum absolute atomic E-state index is 0.339. The average molecular weight is 417 g/mol. The summed E-state index contributed by atoms with van der Waals surface area (Å²) in [6.45, 7) is 4.98. The molecule has 0 amide bonds. The van der Waals surface area contributed by atoms with Crippen LogP contribution in [0.25, 0.3) is 11.3 Å². The van der Waals surface area contributed by atoms with Crippen LogP contribution in [0.2, 0.25) is 0 Å². The van der Waals surface area contributed by atoms with Crippen molar-refractivity contribution in [2.24, 2.45) is 5.92 Å². The highest BCUT2D eigenvalue weighted by Crippen LogP contribution is 2.23. The highest BCUT2D eigenvalue weighted by atomic mass is 16.3. The number of aromatic nitrogens is 2. The number of nitrogens with zero attached hydrogens (tertiary/aromatic N) is 2. The Balaban J connectivity index is 1.35. The van der Waals surface area contributed by atoms with E-state index in [2.05, 4.69) is 39.9 Å². The van der Waals surface area contributed by atoms with E-state index >= 15 is 0 Å². The number of piperidine rings is 1. The van der Waals surface area contributed by atoms with E-state index in [9.17, 15) is 5.11 Å². The first-order valence-electron chi connectivity index (χ1n) is 11.3. The van der Waals surface area contributed by atoms with Crippen LogP contribution in [-0.2, 0) is 12.8 Å². The van der Waals surface area contributed by atoms with Gasteiger partial charge >= 0.3 is 0 Å². The molecule has 0 saturated carbocycles. The lowest BCUT2D eigenvalue weighted by Gasteiger charge is -2.22. The van der Waals surface area contributed by atoms with Gasteiger partial charge in [0.15, 0.2) is 0 Å². The fourth-order valence-electron chi connectivity index (χ4n) is 4.22. The Kier molecular flexibility index (Phi) is 7.15. The molecule has 0 bridgehead atoms. The molecule has 0 spiro atoms. The molecule has 5 heteroatoms. The molecule has 31 heavy (non-hydrogen) atoms. The third-order valence-corrected chi connectivity index (χ3v) is 6.14. The van der Waals surface area contributed by atoms with Crippen LogP contribution >= 0.6 is 0 Å². The van der Waals surface area contributed by atoms with Gasteiger partial charge in [0.1, 0.15) is 5.75 Å². The quantitative estimate of drug-likeness (QED) is 0.495. The first-order valence-corrected chi connectivity index (χ1v) is 11.3. The number of rotatable bonds is 8. The zero-order valence-electron chi connectivity index (χ0n) is 18.3. The number of phenolic OH excluding ortho intramolecular Hbond substituents is 1. The van der Waals surface area contributed by atoms with E-state index in [4.69, 9.17) is 4.98 Å². The van der Waals surface area contributed by atoms with Crippen molar-refractivity contribution in [2.45, 2.75) is 39.0 Å². The number of phenols is 1. The summed E-state index contributed by atoms with van der Waals surface area (Å²) >= 11 is 0.